The molecule has 31 heavy (non-hydrogen) atoms. The molecule has 0 aliphatic heterocycles. The molecule has 1 N–H and O–H groups in total. The number of rotatable bonds is 9. The third-order valence-electron chi connectivity index (χ3n) is 4.23. The fourth-order valence-electron chi connectivity index (χ4n) is 2.79. The molecule has 0 aliphatic rings. The first-order valence-electron chi connectivity index (χ1n) is 9.61. The van der Waals surface area contributed by atoms with Crippen molar-refractivity contribution >= 4 is 33.4 Å². The summed E-state index contributed by atoms with van der Waals surface area (Å²) in [6.45, 7) is 4.85. The number of sulfonamides is 1. The number of nitrogens with one attached hydrogen (secondary N) is 1. The van der Waals surface area contributed by atoms with Crippen molar-refractivity contribution in [2.24, 2.45) is 5.92 Å². The van der Waals surface area contributed by atoms with Crippen molar-refractivity contribution < 1.29 is 17.6 Å². The number of aromatic nitrogens is 3. The van der Waals surface area contributed by atoms with Crippen molar-refractivity contribution in [1.82, 2.24) is 19.1 Å². The van der Waals surface area contributed by atoms with E-state index in [-0.39, 0.29) is 16.6 Å². The quantitative estimate of drug-likeness (QED) is 0.485. The molecule has 2 heterocycles. The number of hydrogen-bond donors (Lipinski definition) is 1. The zero-order chi connectivity index (χ0) is 22.6. The Kier molecular flexibility index (Phi) is 7.19. The lowest BCUT2D eigenvalue weighted by Gasteiger charge is -2.13. The highest BCUT2D eigenvalue weighted by Gasteiger charge is 2.19. The molecule has 0 unspecified atom stereocenters. The maximum absolute atomic E-state index is 12.5. The van der Waals surface area contributed by atoms with Gasteiger partial charge in [-0.1, -0.05) is 31.7 Å². The number of benzene rings is 1. The summed E-state index contributed by atoms with van der Waals surface area (Å²) >= 11 is 1.26. The Labute approximate surface area is 185 Å². The summed E-state index contributed by atoms with van der Waals surface area (Å²) in [4.78, 5) is 12.6. The monoisotopic (exact) mass is 463 g/mol. The van der Waals surface area contributed by atoms with Gasteiger partial charge in [-0.25, -0.2) is 12.7 Å². The van der Waals surface area contributed by atoms with Crippen LogP contribution in [0.25, 0.3) is 11.6 Å². The predicted molar refractivity (Wildman–Crippen MR) is 119 cm³/mol. The Balaban J connectivity index is 1.71. The molecule has 166 valence electrons. The SMILES string of the molecule is CC(C)Cn1c(SCC(=O)Nc2cccc(S(=O)(=O)N(C)C)c2)nnc1-c1ccco1. The summed E-state index contributed by atoms with van der Waals surface area (Å²) in [5.41, 5.74) is 0.411. The van der Waals surface area contributed by atoms with E-state index < -0.39 is 10.0 Å². The van der Waals surface area contributed by atoms with Crippen LogP contribution in [-0.2, 0) is 21.4 Å². The number of amides is 1. The van der Waals surface area contributed by atoms with Crippen LogP contribution in [0.5, 0.6) is 0 Å². The van der Waals surface area contributed by atoms with Crippen molar-refractivity contribution in [2.45, 2.75) is 30.4 Å². The second-order valence-electron chi connectivity index (χ2n) is 7.44. The lowest BCUT2D eigenvalue weighted by molar-refractivity contribution is -0.113. The fourth-order valence-corrected chi connectivity index (χ4v) is 4.48. The highest BCUT2D eigenvalue weighted by Crippen LogP contribution is 2.26. The van der Waals surface area contributed by atoms with Crippen molar-refractivity contribution in [1.29, 1.82) is 0 Å². The number of anilines is 1. The van der Waals surface area contributed by atoms with E-state index in [0.717, 1.165) is 4.31 Å². The Hall–Kier alpha value is -2.63. The third kappa shape index (κ3) is 5.54. The second-order valence-corrected chi connectivity index (χ2v) is 10.5. The summed E-state index contributed by atoms with van der Waals surface area (Å²) in [5.74, 6) is 1.40. The largest absolute Gasteiger partial charge is 0.461 e. The van der Waals surface area contributed by atoms with Crippen LogP contribution < -0.4 is 5.32 Å². The van der Waals surface area contributed by atoms with Gasteiger partial charge in [0, 0.05) is 26.3 Å². The van der Waals surface area contributed by atoms with Crippen LogP contribution in [0.4, 0.5) is 5.69 Å². The Morgan fingerprint density at radius 1 is 1.23 bits per heavy atom. The molecule has 0 radical (unpaired) electrons. The normalized spacial score (nSPS) is 11.9. The fraction of sp³-hybridized carbons (Fsp3) is 0.350. The first-order chi connectivity index (χ1) is 14.7. The second kappa shape index (κ2) is 9.67. The number of thioether (sulfide) groups is 1. The van der Waals surface area contributed by atoms with Gasteiger partial charge in [0.2, 0.25) is 15.9 Å². The summed E-state index contributed by atoms with van der Waals surface area (Å²) < 4.78 is 33.1. The topological polar surface area (TPSA) is 110 Å². The van der Waals surface area contributed by atoms with Crippen LogP contribution in [0.3, 0.4) is 0 Å². The van der Waals surface area contributed by atoms with Crippen LogP contribution in [-0.4, -0.2) is 53.2 Å². The molecule has 0 atom stereocenters. The van der Waals surface area contributed by atoms with Crippen LogP contribution in [0.2, 0.25) is 0 Å². The molecule has 0 bridgehead atoms. The molecule has 9 nitrogen and oxygen atoms in total. The van der Waals surface area contributed by atoms with E-state index in [4.69, 9.17) is 4.42 Å². The van der Waals surface area contributed by atoms with Crippen LogP contribution in [0.15, 0.2) is 57.1 Å². The highest BCUT2D eigenvalue weighted by atomic mass is 32.2. The van der Waals surface area contributed by atoms with Gasteiger partial charge in [-0.05, 0) is 36.2 Å². The molecule has 2 aromatic heterocycles. The van der Waals surface area contributed by atoms with Gasteiger partial charge < -0.3 is 9.73 Å². The third-order valence-corrected chi connectivity index (χ3v) is 7.01. The lowest BCUT2D eigenvalue weighted by atomic mass is 10.2. The van der Waals surface area contributed by atoms with Gasteiger partial charge >= 0.3 is 0 Å². The van der Waals surface area contributed by atoms with Gasteiger partial charge in [0.25, 0.3) is 0 Å². The molecule has 0 spiro atoms. The van der Waals surface area contributed by atoms with Crippen LogP contribution >= 0.6 is 11.8 Å². The molecule has 0 aliphatic carbocycles. The zero-order valence-electron chi connectivity index (χ0n) is 17.8. The molecule has 3 aromatic rings. The maximum atomic E-state index is 12.5. The molecule has 0 saturated carbocycles. The van der Waals surface area contributed by atoms with Crippen molar-refractivity contribution in [3.8, 4) is 11.6 Å². The minimum Gasteiger partial charge on any atom is -0.461 e. The van der Waals surface area contributed by atoms with Gasteiger partial charge in [-0.2, -0.15) is 0 Å². The van der Waals surface area contributed by atoms with Crippen LogP contribution in [0, 0.1) is 5.92 Å². The van der Waals surface area contributed by atoms with Gasteiger partial charge in [-0.15, -0.1) is 10.2 Å². The molecular weight excluding hydrogens is 438 g/mol. The van der Waals surface area contributed by atoms with E-state index in [0.29, 0.717) is 34.9 Å². The van der Waals surface area contributed by atoms with Crippen molar-refractivity contribution in [3.63, 3.8) is 0 Å². The van der Waals surface area contributed by atoms with E-state index in [1.807, 2.05) is 10.6 Å². The molecule has 11 heteroatoms. The lowest BCUT2D eigenvalue weighted by Crippen LogP contribution is -2.22. The number of carbonyl (C=O) groups excluding carboxylic acids is 1. The Morgan fingerprint density at radius 2 is 2.00 bits per heavy atom. The molecule has 0 saturated heterocycles. The molecular formula is C20H25N5O4S2. The van der Waals surface area contributed by atoms with E-state index in [2.05, 4.69) is 29.4 Å². The van der Waals surface area contributed by atoms with Gasteiger partial charge in [0.15, 0.2) is 16.7 Å². The molecule has 1 amide bonds. The van der Waals surface area contributed by atoms with E-state index in [9.17, 15) is 13.2 Å². The van der Waals surface area contributed by atoms with Gasteiger partial charge in [-0.3, -0.25) is 9.36 Å². The maximum Gasteiger partial charge on any atom is 0.242 e. The van der Waals surface area contributed by atoms with E-state index in [1.165, 1.54) is 38.0 Å². The zero-order valence-corrected chi connectivity index (χ0v) is 19.4. The average Bonchev–Trinajstić information content (AvgIpc) is 3.36. The Morgan fingerprint density at radius 3 is 2.65 bits per heavy atom. The minimum absolute atomic E-state index is 0.0963. The first kappa shape index (κ1) is 23.0. The summed E-state index contributed by atoms with van der Waals surface area (Å²) in [6, 6.07) is 9.77. The first-order valence-corrected chi connectivity index (χ1v) is 12.0. The summed E-state index contributed by atoms with van der Waals surface area (Å²) in [5, 5.41) is 11.8. The predicted octanol–water partition coefficient (Wildman–Crippen LogP) is 3.18. The van der Waals surface area contributed by atoms with Crippen molar-refractivity contribution in [2.75, 3.05) is 25.2 Å². The van der Waals surface area contributed by atoms with Crippen LogP contribution in [0.1, 0.15) is 13.8 Å². The van der Waals surface area contributed by atoms with Gasteiger partial charge in [0.1, 0.15) is 0 Å². The summed E-state index contributed by atoms with van der Waals surface area (Å²) in [6.07, 6.45) is 1.58. The number of carbonyl (C=O) groups is 1. The number of hydrogen-bond acceptors (Lipinski definition) is 7. The molecule has 3 rings (SSSR count). The minimum atomic E-state index is -3.58. The van der Waals surface area contributed by atoms with Gasteiger partial charge in [0.05, 0.1) is 16.9 Å². The molecule has 0 fully saturated rings. The van der Waals surface area contributed by atoms with Crippen molar-refractivity contribution in [3.05, 3.63) is 42.7 Å². The van der Waals surface area contributed by atoms with E-state index >= 15 is 0 Å². The number of nitrogens with zero attached hydrogens (tertiary/aromatic N) is 4. The average molecular weight is 464 g/mol. The highest BCUT2D eigenvalue weighted by molar-refractivity contribution is 7.99. The smallest absolute Gasteiger partial charge is 0.242 e. The standard InChI is InChI=1S/C20H25N5O4S2/c1-14(2)12-25-19(17-9-6-10-29-17)22-23-20(25)30-13-18(26)21-15-7-5-8-16(11-15)31(27,28)24(3)4/h5-11,14H,12-13H2,1-4H3,(H,21,26). The number of furan rings is 1. The Bertz CT molecular complexity index is 1140. The summed E-state index contributed by atoms with van der Waals surface area (Å²) in [7, 11) is -0.660. The molecule has 1 aromatic carbocycles. The van der Waals surface area contributed by atoms with E-state index in [1.54, 1.807) is 24.5 Å².